The van der Waals surface area contributed by atoms with Crippen LogP contribution in [-0.2, 0) is 4.79 Å². The summed E-state index contributed by atoms with van der Waals surface area (Å²) in [5, 5.41) is 12.1. The third kappa shape index (κ3) is 2.96. The van der Waals surface area contributed by atoms with Crippen molar-refractivity contribution in [2.45, 2.75) is 24.8 Å². The first-order valence-electron chi connectivity index (χ1n) is 6.27. The molecule has 0 saturated heterocycles. The monoisotopic (exact) mass is 266 g/mol. The summed E-state index contributed by atoms with van der Waals surface area (Å²) >= 11 is 0. The molecule has 19 heavy (non-hydrogen) atoms. The number of aliphatic hydroxyl groups is 1. The average molecular weight is 266 g/mol. The molecule has 1 aromatic heterocycles. The highest BCUT2D eigenvalue weighted by molar-refractivity contribution is 5.94. The van der Waals surface area contributed by atoms with Crippen LogP contribution in [0, 0.1) is 0 Å². The van der Waals surface area contributed by atoms with Gasteiger partial charge < -0.3 is 19.7 Å². The number of nitrogens with zero attached hydrogens (tertiary/aromatic N) is 1. The summed E-state index contributed by atoms with van der Waals surface area (Å²) in [4.78, 5) is 25.0. The summed E-state index contributed by atoms with van der Waals surface area (Å²) < 4.78 is 4.99. The quantitative estimate of drug-likeness (QED) is 0.807. The van der Waals surface area contributed by atoms with Crippen molar-refractivity contribution in [1.82, 2.24) is 10.2 Å². The molecule has 0 aromatic carbocycles. The summed E-state index contributed by atoms with van der Waals surface area (Å²) in [5.74, 6) is -0.404. The normalized spacial score (nSPS) is 16.5. The van der Waals surface area contributed by atoms with Gasteiger partial charge in [-0.05, 0) is 31.4 Å². The van der Waals surface area contributed by atoms with E-state index in [9.17, 15) is 14.7 Å². The Morgan fingerprint density at radius 1 is 1.53 bits per heavy atom. The van der Waals surface area contributed by atoms with E-state index in [1.165, 1.54) is 18.2 Å². The Hall–Kier alpha value is -1.82. The van der Waals surface area contributed by atoms with E-state index < -0.39 is 5.54 Å². The molecule has 1 aromatic rings. The smallest absolute Gasteiger partial charge is 0.289 e. The molecule has 2 rings (SSSR count). The van der Waals surface area contributed by atoms with E-state index in [1.807, 2.05) is 0 Å². The van der Waals surface area contributed by atoms with Crippen LogP contribution in [0.1, 0.15) is 29.8 Å². The minimum Gasteiger partial charge on any atom is -0.459 e. The molecule has 2 N–H and O–H groups in total. The Kier molecular flexibility index (Phi) is 3.90. The standard InChI is InChI=1S/C13H18N2O4/c1-15(12(18)10-4-2-7-19-10)8-11(17)14-13(9-16)5-3-6-13/h2,4,7,16H,3,5-6,8-9H2,1H3,(H,14,17). The molecule has 1 aliphatic rings. The van der Waals surface area contributed by atoms with Gasteiger partial charge in [0, 0.05) is 7.05 Å². The molecular formula is C13H18N2O4. The van der Waals surface area contributed by atoms with Crippen molar-refractivity contribution in [3.63, 3.8) is 0 Å². The second-order valence-electron chi connectivity index (χ2n) is 4.98. The zero-order valence-electron chi connectivity index (χ0n) is 10.9. The molecule has 0 atom stereocenters. The SMILES string of the molecule is CN(CC(=O)NC1(CO)CCC1)C(=O)c1ccco1. The van der Waals surface area contributed by atoms with E-state index in [4.69, 9.17) is 4.42 Å². The van der Waals surface area contributed by atoms with E-state index in [1.54, 1.807) is 12.1 Å². The molecule has 0 radical (unpaired) electrons. The van der Waals surface area contributed by atoms with Crippen molar-refractivity contribution in [1.29, 1.82) is 0 Å². The first-order chi connectivity index (χ1) is 9.06. The lowest BCUT2D eigenvalue weighted by Crippen LogP contribution is -2.58. The van der Waals surface area contributed by atoms with Crippen molar-refractivity contribution in [3.8, 4) is 0 Å². The van der Waals surface area contributed by atoms with Crippen LogP contribution in [0.5, 0.6) is 0 Å². The van der Waals surface area contributed by atoms with E-state index in [-0.39, 0.29) is 30.7 Å². The average Bonchev–Trinajstić information content (AvgIpc) is 2.86. The van der Waals surface area contributed by atoms with Crippen molar-refractivity contribution < 1.29 is 19.1 Å². The number of carbonyl (C=O) groups excluding carboxylic acids is 2. The fraction of sp³-hybridized carbons (Fsp3) is 0.538. The molecule has 6 nitrogen and oxygen atoms in total. The maximum Gasteiger partial charge on any atom is 0.289 e. The molecule has 1 heterocycles. The summed E-state index contributed by atoms with van der Waals surface area (Å²) in [6.07, 6.45) is 3.98. The second-order valence-corrected chi connectivity index (χ2v) is 4.98. The molecule has 0 aliphatic heterocycles. The topological polar surface area (TPSA) is 82.8 Å². The van der Waals surface area contributed by atoms with Gasteiger partial charge >= 0.3 is 0 Å². The van der Waals surface area contributed by atoms with Crippen molar-refractivity contribution >= 4 is 11.8 Å². The van der Waals surface area contributed by atoms with E-state index in [2.05, 4.69) is 5.32 Å². The van der Waals surface area contributed by atoms with Crippen molar-refractivity contribution in [3.05, 3.63) is 24.2 Å². The number of furan rings is 1. The first kappa shape index (κ1) is 13.6. The van der Waals surface area contributed by atoms with Crippen molar-refractivity contribution in [2.75, 3.05) is 20.2 Å². The van der Waals surface area contributed by atoms with E-state index in [0.29, 0.717) is 0 Å². The Labute approximate surface area is 111 Å². The van der Waals surface area contributed by atoms with Crippen LogP contribution in [0.4, 0.5) is 0 Å². The molecule has 1 saturated carbocycles. The van der Waals surface area contributed by atoms with Crippen LogP contribution >= 0.6 is 0 Å². The third-order valence-corrected chi connectivity index (χ3v) is 3.48. The molecule has 2 amide bonds. The number of amides is 2. The van der Waals surface area contributed by atoms with Gasteiger partial charge in [-0.2, -0.15) is 0 Å². The number of likely N-dealkylation sites (N-methyl/N-ethyl adjacent to an activating group) is 1. The Morgan fingerprint density at radius 2 is 2.26 bits per heavy atom. The van der Waals surface area contributed by atoms with Crippen LogP contribution in [0.3, 0.4) is 0 Å². The van der Waals surface area contributed by atoms with Gasteiger partial charge in [0.15, 0.2) is 5.76 Å². The third-order valence-electron chi connectivity index (χ3n) is 3.48. The number of hydrogen-bond donors (Lipinski definition) is 2. The predicted molar refractivity (Wildman–Crippen MR) is 67.5 cm³/mol. The Morgan fingerprint density at radius 3 is 2.74 bits per heavy atom. The number of hydrogen-bond acceptors (Lipinski definition) is 4. The maximum atomic E-state index is 11.9. The van der Waals surface area contributed by atoms with Gasteiger partial charge in [0.05, 0.1) is 25.0 Å². The van der Waals surface area contributed by atoms with Gasteiger partial charge in [-0.15, -0.1) is 0 Å². The highest BCUT2D eigenvalue weighted by Crippen LogP contribution is 2.30. The maximum absolute atomic E-state index is 11.9. The lowest BCUT2D eigenvalue weighted by molar-refractivity contribution is -0.125. The fourth-order valence-corrected chi connectivity index (χ4v) is 2.14. The van der Waals surface area contributed by atoms with Gasteiger partial charge in [0.2, 0.25) is 5.91 Å². The van der Waals surface area contributed by atoms with E-state index >= 15 is 0 Å². The lowest BCUT2D eigenvalue weighted by Gasteiger charge is -2.41. The summed E-state index contributed by atoms with van der Waals surface area (Å²) in [5.41, 5.74) is -0.481. The summed E-state index contributed by atoms with van der Waals surface area (Å²) in [6.45, 7) is -0.115. The molecule has 0 spiro atoms. The Bertz CT molecular complexity index is 446. The highest BCUT2D eigenvalue weighted by atomic mass is 16.3. The van der Waals surface area contributed by atoms with Gasteiger partial charge in [0.25, 0.3) is 5.91 Å². The van der Waals surface area contributed by atoms with Crippen LogP contribution in [0.2, 0.25) is 0 Å². The van der Waals surface area contributed by atoms with Gasteiger partial charge in [-0.1, -0.05) is 0 Å². The molecular weight excluding hydrogens is 248 g/mol. The first-order valence-corrected chi connectivity index (χ1v) is 6.27. The van der Waals surface area contributed by atoms with E-state index in [0.717, 1.165) is 19.3 Å². The van der Waals surface area contributed by atoms with Gasteiger partial charge in [-0.25, -0.2) is 0 Å². The molecule has 1 fully saturated rings. The van der Waals surface area contributed by atoms with Crippen molar-refractivity contribution in [2.24, 2.45) is 0 Å². The Balaban J connectivity index is 1.86. The minimum atomic E-state index is -0.481. The lowest BCUT2D eigenvalue weighted by atomic mass is 9.77. The molecule has 0 bridgehead atoms. The number of aliphatic hydroxyl groups excluding tert-OH is 1. The van der Waals surface area contributed by atoms with Crippen LogP contribution < -0.4 is 5.32 Å². The van der Waals surface area contributed by atoms with Crippen LogP contribution in [0.15, 0.2) is 22.8 Å². The van der Waals surface area contributed by atoms with Crippen LogP contribution in [0.25, 0.3) is 0 Å². The zero-order valence-corrected chi connectivity index (χ0v) is 10.9. The highest BCUT2D eigenvalue weighted by Gasteiger charge is 2.37. The van der Waals surface area contributed by atoms with Crippen LogP contribution in [-0.4, -0.2) is 47.6 Å². The molecule has 104 valence electrons. The number of rotatable bonds is 5. The summed E-state index contributed by atoms with van der Waals surface area (Å²) in [6, 6.07) is 3.17. The second kappa shape index (κ2) is 5.44. The van der Waals surface area contributed by atoms with Gasteiger partial charge in [-0.3, -0.25) is 9.59 Å². The number of carbonyl (C=O) groups is 2. The fourth-order valence-electron chi connectivity index (χ4n) is 2.14. The number of nitrogens with one attached hydrogen (secondary N) is 1. The largest absolute Gasteiger partial charge is 0.459 e. The predicted octanol–water partition coefficient (Wildman–Crippen LogP) is 0.383. The minimum absolute atomic E-state index is 0.0543. The molecule has 0 unspecified atom stereocenters. The molecule has 1 aliphatic carbocycles. The summed E-state index contributed by atoms with van der Waals surface area (Å²) in [7, 11) is 1.54. The zero-order chi connectivity index (χ0) is 13.9. The molecule has 6 heteroatoms. The van der Waals surface area contributed by atoms with Gasteiger partial charge in [0.1, 0.15) is 0 Å².